The minimum Gasteiger partial charge on any atom is -0.507 e. The van der Waals surface area contributed by atoms with Crippen molar-refractivity contribution < 1.29 is 19.4 Å². The van der Waals surface area contributed by atoms with Crippen molar-refractivity contribution >= 4 is 11.9 Å². The summed E-state index contributed by atoms with van der Waals surface area (Å²) in [6.45, 7) is 1.83. The van der Waals surface area contributed by atoms with Crippen LogP contribution >= 0.6 is 0 Å². The molecule has 2 aromatic rings. The Morgan fingerprint density at radius 2 is 2.05 bits per heavy atom. The highest BCUT2D eigenvalue weighted by Gasteiger charge is 2.30. The van der Waals surface area contributed by atoms with Gasteiger partial charge in [-0.05, 0) is 48.4 Å². The number of fused-ring (bicyclic) bond motifs is 1. The van der Waals surface area contributed by atoms with Gasteiger partial charge in [-0.15, -0.1) is 0 Å². The van der Waals surface area contributed by atoms with Gasteiger partial charge < -0.3 is 14.6 Å². The summed E-state index contributed by atoms with van der Waals surface area (Å²) in [5.74, 6) is 0.922. The Balaban J connectivity index is 2.01. The molecule has 1 N–H and O–H groups in total. The van der Waals surface area contributed by atoms with Crippen LogP contribution in [0.2, 0.25) is 0 Å². The zero-order valence-electron chi connectivity index (χ0n) is 11.7. The van der Waals surface area contributed by atoms with Crippen LogP contribution in [0.1, 0.15) is 21.5 Å². The molecule has 4 nitrogen and oxygen atoms in total. The predicted molar refractivity (Wildman–Crippen MR) is 78.8 cm³/mol. The fourth-order valence-corrected chi connectivity index (χ4v) is 2.31. The summed E-state index contributed by atoms with van der Waals surface area (Å²) in [7, 11) is 1.58. The van der Waals surface area contributed by atoms with Crippen LogP contribution in [-0.2, 0) is 0 Å². The Hall–Kier alpha value is -2.75. The van der Waals surface area contributed by atoms with Crippen molar-refractivity contribution in [1.82, 2.24) is 0 Å². The van der Waals surface area contributed by atoms with Gasteiger partial charge in [-0.3, -0.25) is 4.79 Å². The van der Waals surface area contributed by atoms with Crippen molar-refractivity contribution in [2.75, 3.05) is 7.11 Å². The van der Waals surface area contributed by atoms with Gasteiger partial charge in [-0.2, -0.15) is 0 Å². The first-order valence-corrected chi connectivity index (χ1v) is 6.50. The Morgan fingerprint density at radius 1 is 1.24 bits per heavy atom. The lowest BCUT2D eigenvalue weighted by Gasteiger charge is -2.02. The van der Waals surface area contributed by atoms with E-state index in [4.69, 9.17) is 9.47 Å². The first-order valence-electron chi connectivity index (χ1n) is 6.50. The maximum Gasteiger partial charge on any atom is 0.235 e. The molecule has 0 aromatic heterocycles. The standard InChI is InChI=1S/C17H14O4/c1-10-6-13(18)16-14(7-10)21-15(17(16)19)9-11-4-3-5-12(8-11)20-2/h3-9,18H,1-2H3/b15-9-. The zero-order valence-corrected chi connectivity index (χ0v) is 11.7. The molecule has 0 aliphatic carbocycles. The molecule has 4 heteroatoms. The van der Waals surface area contributed by atoms with E-state index in [1.807, 2.05) is 25.1 Å². The lowest BCUT2D eigenvalue weighted by atomic mass is 10.1. The topological polar surface area (TPSA) is 55.8 Å². The number of hydrogen-bond donors (Lipinski definition) is 1. The summed E-state index contributed by atoms with van der Waals surface area (Å²) in [5.41, 5.74) is 1.85. The Bertz CT molecular complexity index is 759. The van der Waals surface area contributed by atoms with Crippen molar-refractivity contribution in [2.45, 2.75) is 6.92 Å². The summed E-state index contributed by atoms with van der Waals surface area (Å²) in [6.07, 6.45) is 1.64. The minimum atomic E-state index is -0.315. The summed E-state index contributed by atoms with van der Waals surface area (Å²) in [4.78, 5) is 12.3. The summed E-state index contributed by atoms with van der Waals surface area (Å²) < 4.78 is 10.7. The normalized spacial score (nSPS) is 15.0. The molecule has 0 saturated carbocycles. The first kappa shape index (κ1) is 13.2. The smallest absolute Gasteiger partial charge is 0.235 e. The number of carbonyl (C=O) groups is 1. The molecular weight excluding hydrogens is 268 g/mol. The van der Waals surface area contributed by atoms with E-state index in [-0.39, 0.29) is 22.9 Å². The highest BCUT2D eigenvalue weighted by molar-refractivity contribution is 6.16. The van der Waals surface area contributed by atoms with E-state index >= 15 is 0 Å². The number of carbonyl (C=O) groups excluding carboxylic acids is 1. The molecule has 0 bridgehead atoms. The Kier molecular flexibility index (Phi) is 3.14. The number of rotatable bonds is 2. The SMILES string of the molecule is COc1cccc(/C=C2\Oc3cc(C)cc(O)c3C2=O)c1. The maximum absolute atomic E-state index is 12.3. The number of hydrogen-bond acceptors (Lipinski definition) is 4. The molecule has 0 saturated heterocycles. The monoisotopic (exact) mass is 282 g/mol. The number of phenolic OH excluding ortho intramolecular Hbond substituents is 1. The van der Waals surface area contributed by atoms with Crippen molar-refractivity contribution in [3.8, 4) is 17.2 Å². The van der Waals surface area contributed by atoms with E-state index in [1.54, 1.807) is 31.4 Å². The third kappa shape index (κ3) is 2.36. The third-order valence-corrected chi connectivity index (χ3v) is 3.29. The van der Waals surface area contributed by atoms with E-state index in [1.165, 1.54) is 0 Å². The lowest BCUT2D eigenvalue weighted by molar-refractivity contribution is 0.101. The Labute approximate surface area is 122 Å². The molecule has 0 spiro atoms. The number of Topliss-reactive ketones (excluding diaryl/α,β-unsaturated/α-hetero) is 1. The summed E-state index contributed by atoms with van der Waals surface area (Å²) in [6, 6.07) is 10.6. The molecule has 21 heavy (non-hydrogen) atoms. The van der Waals surface area contributed by atoms with Crippen molar-refractivity contribution in [3.63, 3.8) is 0 Å². The van der Waals surface area contributed by atoms with E-state index in [0.717, 1.165) is 11.1 Å². The van der Waals surface area contributed by atoms with Crippen molar-refractivity contribution in [3.05, 3.63) is 58.8 Å². The fraction of sp³-hybridized carbons (Fsp3) is 0.118. The van der Waals surface area contributed by atoms with Gasteiger partial charge in [0.25, 0.3) is 0 Å². The van der Waals surface area contributed by atoms with Crippen molar-refractivity contribution in [1.29, 1.82) is 0 Å². The van der Waals surface area contributed by atoms with Crippen LogP contribution in [0.4, 0.5) is 0 Å². The van der Waals surface area contributed by atoms with Crippen LogP contribution < -0.4 is 9.47 Å². The minimum absolute atomic E-state index is 0.0518. The largest absolute Gasteiger partial charge is 0.507 e. The van der Waals surface area contributed by atoms with Crippen LogP contribution in [-0.4, -0.2) is 18.0 Å². The number of aryl methyl sites for hydroxylation is 1. The third-order valence-electron chi connectivity index (χ3n) is 3.29. The van der Waals surface area contributed by atoms with Crippen LogP contribution in [0.5, 0.6) is 17.2 Å². The van der Waals surface area contributed by atoms with E-state index in [2.05, 4.69) is 0 Å². The molecule has 1 heterocycles. The van der Waals surface area contributed by atoms with Crippen molar-refractivity contribution in [2.24, 2.45) is 0 Å². The lowest BCUT2D eigenvalue weighted by Crippen LogP contribution is -1.98. The fourth-order valence-electron chi connectivity index (χ4n) is 2.31. The number of methoxy groups -OCH3 is 1. The molecule has 2 aromatic carbocycles. The number of ketones is 1. The van der Waals surface area contributed by atoms with Gasteiger partial charge in [0, 0.05) is 0 Å². The predicted octanol–water partition coefficient (Wildman–Crippen LogP) is 3.33. The van der Waals surface area contributed by atoms with Gasteiger partial charge in [0.2, 0.25) is 5.78 Å². The second-order valence-electron chi connectivity index (χ2n) is 4.87. The molecule has 1 aliphatic rings. The first-order chi connectivity index (χ1) is 10.1. The molecule has 3 rings (SSSR count). The van der Waals surface area contributed by atoms with Gasteiger partial charge >= 0.3 is 0 Å². The van der Waals surface area contributed by atoms with E-state index in [0.29, 0.717) is 11.5 Å². The van der Waals surface area contributed by atoms with Crippen LogP contribution in [0, 0.1) is 6.92 Å². The van der Waals surface area contributed by atoms with E-state index < -0.39 is 0 Å². The Morgan fingerprint density at radius 3 is 2.81 bits per heavy atom. The second kappa shape index (κ2) is 4.98. The highest BCUT2D eigenvalue weighted by Crippen LogP contribution is 2.38. The summed E-state index contributed by atoms with van der Waals surface area (Å²) >= 11 is 0. The molecule has 0 radical (unpaired) electrons. The van der Waals surface area contributed by atoms with Crippen LogP contribution in [0.15, 0.2) is 42.2 Å². The number of phenols is 1. The zero-order chi connectivity index (χ0) is 15.0. The maximum atomic E-state index is 12.3. The molecule has 0 amide bonds. The number of benzene rings is 2. The average molecular weight is 282 g/mol. The molecule has 0 fully saturated rings. The quantitative estimate of drug-likeness (QED) is 0.858. The number of ether oxygens (including phenoxy) is 2. The van der Waals surface area contributed by atoms with Gasteiger partial charge in [-0.1, -0.05) is 12.1 Å². The van der Waals surface area contributed by atoms with Gasteiger partial charge in [0.05, 0.1) is 7.11 Å². The number of allylic oxidation sites excluding steroid dienone is 1. The number of aromatic hydroxyl groups is 1. The van der Waals surface area contributed by atoms with Gasteiger partial charge in [-0.25, -0.2) is 0 Å². The van der Waals surface area contributed by atoms with Gasteiger partial charge in [0.1, 0.15) is 22.8 Å². The van der Waals surface area contributed by atoms with E-state index in [9.17, 15) is 9.90 Å². The second-order valence-corrected chi connectivity index (χ2v) is 4.87. The van der Waals surface area contributed by atoms with Crippen LogP contribution in [0.3, 0.4) is 0 Å². The van der Waals surface area contributed by atoms with Gasteiger partial charge in [0.15, 0.2) is 5.76 Å². The molecule has 0 atom stereocenters. The van der Waals surface area contributed by atoms with Crippen LogP contribution in [0.25, 0.3) is 6.08 Å². The highest BCUT2D eigenvalue weighted by atomic mass is 16.5. The molecule has 0 unspecified atom stereocenters. The molecule has 1 aliphatic heterocycles. The summed E-state index contributed by atoms with van der Waals surface area (Å²) in [5, 5.41) is 9.90. The molecular formula is C17H14O4. The molecule has 106 valence electrons. The average Bonchev–Trinajstić information content (AvgIpc) is 2.75.